The summed E-state index contributed by atoms with van der Waals surface area (Å²) in [5, 5.41) is 0. The van der Waals surface area contributed by atoms with Crippen LogP contribution in [-0.4, -0.2) is 0 Å². The van der Waals surface area contributed by atoms with Crippen molar-refractivity contribution < 1.29 is 0 Å². The Hall–Kier alpha value is -0.520. The average molecular weight is 214 g/mol. The largest absolute Gasteiger partial charge is 0.0876 e. The van der Waals surface area contributed by atoms with Crippen LogP contribution in [0.3, 0.4) is 0 Å². The summed E-state index contributed by atoms with van der Waals surface area (Å²) in [5.41, 5.74) is 1.90. The first-order valence-corrected chi connectivity index (χ1v) is 7.32. The van der Waals surface area contributed by atoms with Gasteiger partial charge in [-0.2, -0.15) is 0 Å². The minimum atomic E-state index is 0.950. The summed E-state index contributed by atoms with van der Waals surface area (Å²) >= 11 is 0. The molecule has 4 atom stereocenters. The first-order valence-electron chi connectivity index (χ1n) is 7.32. The molecular weight excluding hydrogens is 192 g/mol. The first kappa shape index (κ1) is 9.50. The molecular formula is C16H22. The molecule has 0 amide bonds. The Labute approximate surface area is 98.8 Å². The van der Waals surface area contributed by atoms with Gasteiger partial charge in [0.05, 0.1) is 0 Å². The van der Waals surface area contributed by atoms with Crippen molar-refractivity contribution in [2.24, 2.45) is 29.6 Å². The van der Waals surface area contributed by atoms with Crippen LogP contribution in [0, 0.1) is 29.6 Å². The van der Waals surface area contributed by atoms with E-state index >= 15 is 0 Å². The molecule has 0 N–H and O–H groups in total. The van der Waals surface area contributed by atoms with E-state index in [9.17, 15) is 0 Å². The van der Waals surface area contributed by atoms with E-state index in [1.54, 1.807) is 0 Å². The zero-order valence-corrected chi connectivity index (χ0v) is 10.1. The van der Waals surface area contributed by atoms with Crippen LogP contribution in [0.1, 0.15) is 44.9 Å². The number of fused-ring (bicyclic) bond motifs is 5. The quantitative estimate of drug-likeness (QED) is 0.570. The van der Waals surface area contributed by atoms with Crippen LogP contribution in [0.2, 0.25) is 0 Å². The van der Waals surface area contributed by atoms with E-state index in [-0.39, 0.29) is 0 Å². The lowest BCUT2D eigenvalue weighted by atomic mass is 9.75. The molecule has 0 nitrogen and oxygen atoms in total. The molecule has 16 heavy (non-hydrogen) atoms. The van der Waals surface area contributed by atoms with E-state index in [0.717, 1.165) is 29.6 Å². The number of rotatable bonds is 1. The SMILES string of the molecule is C1=CC2C(C1)C1=CCC2C1C1CCCCC1. The Bertz CT molecular complexity index is 343. The minimum Gasteiger partial charge on any atom is -0.0876 e. The molecule has 2 bridgehead atoms. The van der Waals surface area contributed by atoms with E-state index in [4.69, 9.17) is 0 Å². The molecule has 0 heteroatoms. The number of allylic oxidation sites excluding steroid dienone is 4. The highest BCUT2D eigenvalue weighted by atomic mass is 14.6. The van der Waals surface area contributed by atoms with Crippen molar-refractivity contribution in [1.82, 2.24) is 0 Å². The van der Waals surface area contributed by atoms with E-state index in [0.29, 0.717) is 0 Å². The molecule has 0 aromatic carbocycles. The number of hydrogen-bond acceptors (Lipinski definition) is 0. The molecule has 0 aromatic heterocycles. The maximum Gasteiger partial charge on any atom is -0.00997 e. The molecule has 0 aromatic rings. The molecule has 0 spiro atoms. The third kappa shape index (κ3) is 1.16. The van der Waals surface area contributed by atoms with Crippen LogP contribution >= 0.6 is 0 Å². The Morgan fingerprint density at radius 3 is 2.69 bits per heavy atom. The Morgan fingerprint density at radius 1 is 1.00 bits per heavy atom. The summed E-state index contributed by atoms with van der Waals surface area (Å²) in [5.74, 6) is 4.99. The summed E-state index contributed by atoms with van der Waals surface area (Å²) in [7, 11) is 0. The summed E-state index contributed by atoms with van der Waals surface area (Å²) in [6.45, 7) is 0. The predicted molar refractivity (Wildman–Crippen MR) is 67.0 cm³/mol. The van der Waals surface area contributed by atoms with Gasteiger partial charge in [0.2, 0.25) is 0 Å². The third-order valence-electron chi connectivity index (χ3n) is 5.77. The van der Waals surface area contributed by atoms with Crippen molar-refractivity contribution in [1.29, 1.82) is 0 Å². The molecule has 86 valence electrons. The molecule has 0 saturated heterocycles. The summed E-state index contributed by atoms with van der Waals surface area (Å²) in [4.78, 5) is 0. The smallest absolute Gasteiger partial charge is 0.00997 e. The fourth-order valence-electron chi connectivity index (χ4n) is 5.19. The summed E-state index contributed by atoms with van der Waals surface area (Å²) in [6, 6.07) is 0. The topological polar surface area (TPSA) is 0 Å². The lowest BCUT2D eigenvalue weighted by Crippen LogP contribution is -2.21. The Kier molecular flexibility index (Phi) is 2.07. The van der Waals surface area contributed by atoms with Crippen molar-refractivity contribution >= 4 is 0 Å². The lowest BCUT2D eigenvalue weighted by Gasteiger charge is -2.30. The van der Waals surface area contributed by atoms with Gasteiger partial charge >= 0.3 is 0 Å². The maximum atomic E-state index is 2.62. The summed E-state index contributed by atoms with van der Waals surface area (Å²) in [6.07, 6.45) is 17.9. The highest BCUT2D eigenvalue weighted by Crippen LogP contribution is 2.60. The van der Waals surface area contributed by atoms with Crippen molar-refractivity contribution in [2.75, 3.05) is 0 Å². The zero-order valence-electron chi connectivity index (χ0n) is 10.1. The zero-order chi connectivity index (χ0) is 10.5. The second-order valence-electron chi connectivity index (χ2n) is 6.38. The van der Waals surface area contributed by atoms with Crippen molar-refractivity contribution in [2.45, 2.75) is 44.9 Å². The van der Waals surface area contributed by atoms with E-state index in [1.165, 1.54) is 44.9 Å². The standard InChI is InChI=1S/C16H22/c1-2-5-11(6-3-1)16-14-9-10-15(16)13-8-4-7-12(13)14/h4,7,10-14,16H,1-3,5-6,8-9H2. The molecule has 0 radical (unpaired) electrons. The van der Waals surface area contributed by atoms with Gasteiger partial charge in [-0.25, -0.2) is 0 Å². The van der Waals surface area contributed by atoms with Gasteiger partial charge in [-0.3, -0.25) is 0 Å². The lowest BCUT2D eigenvalue weighted by molar-refractivity contribution is 0.224. The minimum absolute atomic E-state index is 0.950. The fraction of sp³-hybridized carbons (Fsp3) is 0.750. The van der Waals surface area contributed by atoms with Gasteiger partial charge in [0.15, 0.2) is 0 Å². The number of hydrogen-bond donors (Lipinski definition) is 0. The maximum absolute atomic E-state index is 2.62. The predicted octanol–water partition coefficient (Wildman–Crippen LogP) is 4.34. The second kappa shape index (κ2) is 3.48. The average Bonchev–Trinajstić information content (AvgIpc) is 3.02. The molecule has 4 aliphatic rings. The fourth-order valence-corrected chi connectivity index (χ4v) is 5.19. The van der Waals surface area contributed by atoms with Crippen LogP contribution < -0.4 is 0 Å². The van der Waals surface area contributed by atoms with Gasteiger partial charge in [0, 0.05) is 0 Å². The van der Waals surface area contributed by atoms with Crippen LogP contribution in [0.5, 0.6) is 0 Å². The molecule has 0 aliphatic heterocycles. The van der Waals surface area contributed by atoms with Crippen LogP contribution in [0.4, 0.5) is 0 Å². The van der Waals surface area contributed by atoms with Crippen molar-refractivity contribution in [3.8, 4) is 0 Å². The van der Waals surface area contributed by atoms with E-state index < -0.39 is 0 Å². The van der Waals surface area contributed by atoms with E-state index in [2.05, 4.69) is 18.2 Å². The van der Waals surface area contributed by atoms with Crippen LogP contribution in [-0.2, 0) is 0 Å². The second-order valence-corrected chi connectivity index (χ2v) is 6.38. The molecule has 2 fully saturated rings. The van der Waals surface area contributed by atoms with Gasteiger partial charge in [-0.15, -0.1) is 0 Å². The third-order valence-corrected chi connectivity index (χ3v) is 5.77. The van der Waals surface area contributed by atoms with Crippen molar-refractivity contribution in [3.05, 3.63) is 23.8 Å². The Morgan fingerprint density at radius 2 is 1.88 bits per heavy atom. The molecule has 0 heterocycles. The van der Waals surface area contributed by atoms with Crippen LogP contribution in [0.25, 0.3) is 0 Å². The van der Waals surface area contributed by atoms with Gasteiger partial charge in [-0.1, -0.05) is 43.1 Å². The van der Waals surface area contributed by atoms with Gasteiger partial charge in [0.1, 0.15) is 0 Å². The summed E-state index contributed by atoms with van der Waals surface area (Å²) < 4.78 is 0. The first-order chi connectivity index (χ1) is 7.95. The molecule has 4 aliphatic carbocycles. The monoisotopic (exact) mass is 214 g/mol. The molecule has 4 rings (SSSR count). The normalized spacial score (nSPS) is 46.1. The molecule has 4 unspecified atom stereocenters. The van der Waals surface area contributed by atoms with Crippen molar-refractivity contribution in [3.63, 3.8) is 0 Å². The van der Waals surface area contributed by atoms with Crippen LogP contribution in [0.15, 0.2) is 23.8 Å². The van der Waals surface area contributed by atoms with Gasteiger partial charge in [0.25, 0.3) is 0 Å². The van der Waals surface area contributed by atoms with Gasteiger partial charge < -0.3 is 0 Å². The molecule has 2 saturated carbocycles. The van der Waals surface area contributed by atoms with E-state index in [1.807, 2.05) is 5.57 Å². The highest BCUT2D eigenvalue weighted by Gasteiger charge is 2.51. The van der Waals surface area contributed by atoms with Gasteiger partial charge in [-0.05, 0) is 55.3 Å². The highest BCUT2D eigenvalue weighted by molar-refractivity contribution is 5.33. The Balaban J connectivity index is 1.62.